The van der Waals surface area contributed by atoms with Crippen molar-refractivity contribution >= 4 is 33.1 Å². The second kappa shape index (κ2) is 4.89. The smallest absolute Gasteiger partial charge is 0.238 e. The second-order valence-electron chi connectivity index (χ2n) is 3.42. The first kappa shape index (κ1) is 12.7. The third kappa shape index (κ3) is 3.16. The fraction of sp³-hybridized carbons (Fsp3) is 0. The zero-order valence-electron chi connectivity index (χ0n) is 9.04. The van der Waals surface area contributed by atoms with Crippen molar-refractivity contribution in [1.29, 1.82) is 0 Å². The van der Waals surface area contributed by atoms with E-state index in [2.05, 4.69) is 15.3 Å². The van der Waals surface area contributed by atoms with E-state index >= 15 is 0 Å². The predicted octanol–water partition coefficient (Wildman–Crippen LogP) is 1.52. The van der Waals surface area contributed by atoms with Gasteiger partial charge in [0.05, 0.1) is 4.90 Å². The van der Waals surface area contributed by atoms with Crippen molar-refractivity contribution in [2.45, 2.75) is 4.90 Å². The number of hydrogen-bond donors (Lipinski definition) is 2. The number of hydrogen-bond acceptors (Lipinski definition) is 5. The Balaban J connectivity index is 2.21. The zero-order valence-corrected chi connectivity index (χ0v) is 10.6. The van der Waals surface area contributed by atoms with Gasteiger partial charge in [0.15, 0.2) is 0 Å². The summed E-state index contributed by atoms with van der Waals surface area (Å²) in [5.74, 6) is 0.512. The van der Waals surface area contributed by atoms with Crippen LogP contribution in [0.15, 0.2) is 41.6 Å². The highest BCUT2D eigenvalue weighted by atomic mass is 35.5. The van der Waals surface area contributed by atoms with Gasteiger partial charge in [-0.15, -0.1) is 0 Å². The normalized spacial score (nSPS) is 11.2. The molecule has 0 saturated carbocycles. The average molecular weight is 285 g/mol. The fourth-order valence-electron chi connectivity index (χ4n) is 1.28. The maximum Gasteiger partial charge on any atom is 0.238 e. The van der Waals surface area contributed by atoms with E-state index in [1.54, 1.807) is 18.2 Å². The third-order valence-electron chi connectivity index (χ3n) is 2.09. The summed E-state index contributed by atoms with van der Waals surface area (Å²) in [5.41, 5.74) is 0.664. The highest BCUT2D eigenvalue weighted by Crippen LogP contribution is 2.18. The molecular formula is C10H9ClN4O2S. The largest absolute Gasteiger partial charge is 0.340 e. The van der Waals surface area contributed by atoms with Gasteiger partial charge < -0.3 is 5.32 Å². The van der Waals surface area contributed by atoms with Crippen LogP contribution in [0.1, 0.15) is 0 Å². The molecule has 0 aliphatic heterocycles. The van der Waals surface area contributed by atoms with Gasteiger partial charge >= 0.3 is 0 Å². The molecule has 0 atom stereocenters. The molecule has 94 valence electrons. The molecule has 2 aromatic rings. The molecule has 1 aromatic carbocycles. The quantitative estimate of drug-likeness (QED) is 0.833. The van der Waals surface area contributed by atoms with E-state index in [-0.39, 0.29) is 4.90 Å². The molecule has 3 N–H and O–H groups in total. The Bertz CT molecular complexity index is 658. The number of nitrogens with zero attached hydrogens (tertiary/aromatic N) is 2. The Labute approximate surface area is 109 Å². The van der Waals surface area contributed by atoms with E-state index in [0.717, 1.165) is 0 Å². The monoisotopic (exact) mass is 284 g/mol. The van der Waals surface area contributed by atoms with E-state index in [1.165, 1.54) is 18.5 Å². The minimum absolute atomic E-state index is 0.0498. The van der Waals surface area contributed by atoms with Crippen molar-refractivity contribution in [2.75, 3.05) is 5.32 Å². The fourth-order valence-corrected chi connectivity index (χ4v) is 1.94. The van der Waals surface area contributed by atoms with Crippen LogP contribution in [0.2, 0.25) is 5.15 Å². The topological polar surface area (TPSA) is 98.0 Å². The molecule has 0 fully saturated rings. The van der Waals surface area contributed by atoms with E-state index in [9.17, 15) is 8.42 Å². The number of nitrogens with two attached hydrogens (primary N) is 1. The van der Waals surface area contributed by atoms with Crippen LogP contribution in [0.5, 0.6) is 0 Å². The van der Waals surface area contributed by atoms with E-state index in [4.69, 9.17) is 16.7 Å². The van der Waals surface area contributed by atoms with Crippen molar-refractivity contribution in [1.82, 2.24) is 9.97 Å². The molecule has 0 amide bonds. The maximum atomic E-state index is 11.1. The summed E-state index contributed by atoms with van der Waals surface area (Å²) < 4.78 is 22.1. The lowest BCUT2D eigenvalue weighted by Gasteiger charge is -2.05. The molecule has 0 saturated heterocycles. The summed E-state index contributed by atoms with van der Waals surface area (Å²) in [4.78, 5) is 7.75. The first-order chi connectivity index (χ1) is 8.45. The van der Waals surface area contributed by atoms with Crippen LogP contribution in [0, 0.1) is 0 Å². The van der Waals surface area contributed by atoms with E-state index < -0.39 is 10.0 Å². The Morgan fingerprint density at radius 3 is 2.39 bits per heavy atom. The highest BCUT2D eigenvalue weighted by Gasteiger charge is 2.06. The summed E-state index contributed by atoms with van der Waals surface area (Å²) in [6.45, 7) is 0. The molecular weight excluding hydrogens is 276 g/mol. The van der Waals surface area contributed by atoms with Crippen molar-refractivity contribution in [2.24, 2.45) is 5.14 Å². The van der Waals surface area contributed by atoms with Gasteiger partial charge in [0.1, 0.15) is 17.3 Å². The molecule has 6 nitrogen and oxygen atoms in total. The molecule has 0 bridgehead atoms. The van der Waals surface area contributed by atoms with Crippen molar-refractivity contribution < 1.29 is 8.42 Å². The lowest BCUT2D eigenvalue weighted by molar-refractivity contribution is 0.598. The summed E-state index contributed by atoms with van der Waals surface area (Å²) in [7, 11) is -3.67. The number of nitrogens with one attached hydrogen (secondary N) is 1. The predicted molar refractivity (Wildman–Crippen MR) is 68.1 cm³/mol. The van der Waals surface area contributed by atoms with Crippen LogP contribution in [-0.4, -0.2) is 18.4 Å². The Kier molecular flexibility index (Phi) is 3.46. The standard InChI is InChI=1S/C10H9ClN4O2S/c11-9-5-10(14-6-13-9)15-7-1-3-8(4-2-7)18(12,16)17/h1-6H,(H2,12,16,17)(H,13,14,15). The van der Waals surface area contributed by atoms with Crippen LogP contribution < -0.4 is 10.5 Å². The molecule has 0 radical (unpaired) electrons. The van der Waals surface area contributed by atoms with E-state index in [0.29, 0.717) is 16.7 Å². The van der Waals surface area contributed by atoms with Gasteiger partial charge in [0.2, 0.25) is 10.0 Å². The highest BCUT2D eigenvalue weighted by molar-refractivity contribution is 7.89. The van der Waals surface area contributed by atoms with Gasteiger partial charge in [-0.25, -0.2) is 23.5 Å². The number of aromatic nitrogens is 2. The summed E-state index contributed by atoms with van der Waals surface area (Å²) in [6.07, 6.45) is 1.32. The van der Waals surface area contributed by atoms with Crippen molar-refractivity contribution in [3.63, 3.8) is 0 Å². The molecule has 0 spiro atoms. The van der Waals surface area contributed by atoms with Crippen LogP contribution in [0.4, 0.5) is 11.5 Å². The molecule has 0 unspecified atom stereocenters. The van der Waals surface area contributed by atoms with Crippen LogP contribution in [0.25, 0.3) is 0 Å². The van der Waals surface area contributed by atoms with Gasteiger partial charge in [-0.2, -0.15) is 0 Å². The van der Waals surface area contributed by atoms with Gasteiger partial charge in [0, 0.05) is 11.8 Å². The SMILES string of the molecule is NS(=O)(=O)c1ccc(Nc2cc(Cl)ncn2)cc1. The van der Waals surface area contributed by atoms with E-state index in [1.807, 2.05) is 0 Å². The number of benzene rings is 1. The summed E-state index contributed by atoms with van der Waals surface area (Å²) in [5, 5.41) is 8.26. The first-order valence-electron chi connectivity index (χ1n) is 4.82. The molecule has 1 aromatic heterocycles. The summed E-state index contributed by atoms with van der Waals surface area (Å²) >= 11 is 5.71. The number of halogens is 1. The molecule has 8 heteroatoms. The summed E-state index contributed by atoms with van der Waals surface area (Å²) in [6, 6.07) is 7.52. The Morgan fingerprint density at radius 1 is 1.17 bits per heavy atom. The van der Waals surface area contributed by atoms with Crippen LogP contribution >= 0.6 is 11.6 Å². The Morgan fingerprint density at radius 2 is 1.83 bits per heavy atom. The maximum absolute atomic E-state index is 11.1. The van der Waals surface area contributed by atoms with Crippen molar-refractivity contribution in [3.8, 4) is 0 Å². The third-order valence-corrected chi connectivity index (χ3v) is 3.22. The lowest BCUT2D eigenvalue weighted by atomic mass is 10.3. The molecule has 0 aliphatic rings. The van der Waals surface area contributed by atoms with Crippen LogP contribution in [-0.2, 0) is 10.0 Å². The zero-order chi connectivity index (χ0) is 13.2. The number of primary sulfonamides is 1. The molecule has 1 heterocycles. The van der Waals surface area contributed by atoms with Gasteiger partial charge in [-0.3, -0.25) is 0 Å². The molecule has 18 heavy (non-hydrogen) atoms. The average Bonchev–Trinajstić information content (AvgIpc) is 2.28. The molecule has 0 aliphatic carbocycles. The minimum Gasteiger partial charge on any atom is -0.340 e. The first-order valence-corrected chi connectivity index (χ1v) is 6.75. The number of sulfonamides is 1. The minimum atomic E-state index is -3.67. The van der Waals surface area contributed by atoms with Crippen molar-refractivity contribution in [3.05, 3.63) is 41.8 Å². The second-order valence-corrected chi connectivity index (χ2v) is 5.37. The molecule has 2 rings (SSSR count). The van der Waals surface area contributed by atoms with Gasteiger partial charge in [-0.05, 0) is 24.3 Å². The Hall–Kier alpha value is -1.70. The van der Waals surface area contributed by atoms with Gasteiger partial charge in [0.25, 0.3) is 0 Å². The number of rotatable bonds is 3. The van der Waals surface area contributed by atoms with Crippen LogP contribution in [0.3, 0.4) is 0 Å². The number of anilines is 2. The van der Waals surface area contributed by atoms with Gasteiger partial charge in [-0.1, -0.05) is 11.6 Å². The lowest BCUT2D eigenvalue weighted by Crippen LogP contribution is -2.11.